The molecule has 16 heteroatoms. The molecule has 0 bridgehead atoms. The summed E-state index contributed by atoms with van der Waals surface area (Å²) in [6.07, 6.45) is -2.72. The number of rotatable bonds is 8. The molecule has 0 saturated heterocycles. The number of aliphatic hydroxyl groups is 1. The lowest BCUT2D eigenvalue weighted by Gasteiger charge is -2.31. The Balaban J connectivity index is 1.39. The highest BCUT2D eigenvalue weighted by Gasteiger charge is 2.57. The van der Waals surface area contributed by atoms with Crippen LogP contribution in [0.1, 0.15) is 44.6 Å². The monoisotopic (exact) mass is 678 g/mol. The van der Waals surface area contributed by atoms with Gasteiger partial charge in [0.2, 0.25) is 11.5 Å². The van der Waals surface area contributed by atoms with Gasteiger partial charge in [-0.2, -0.15) is 13.2 Å². The van der Waals surface area contributed by atoms with Crippen LogP contribution in [0.2, 0.25) is 0 Å². The summed E-state index contributed by atoms with van der Waals surface area (Å²) in [5.41, 5.74) is -0.185. The number of amides is 3. The molecule has 2 atom stereocenters. The van der Waals surface area contributed by atoms with Crippen molar-refractivity contribution in [1.29, 1.82) is 0 Å². The van der Waals surface area contributed by atoms with E-state index in [1.165, 1.54) is 49.7 Å². The molecule has 0 fully saturated rings. The predicted octanol–water partition coefficient (Wildman–Crippen LogP) is 4.30. The van der Waals surface area contributed by atoms with E-state index in [-0.39, 0.29) is 51.6 Å². The molecule has 0 aliphatic carbocycles. The number of pyridine rings is 2. The van der Waals surface area contributed by atoms with Gasteiger partial charge in [0.05, 0.1) is 23.4 Å². The molecular formula is C33H26F4N6O6. The number of primary amides is 1. The first kappa shape index (κ1) is 33.0. The Kier molecular flexibility index (Phi) is 8.06. The second-order valence-corrected chi connectivity index (χ2v) is 11.7. The number of nitrogens with zero attached hydrogens (tertiary/aromatic N) is 3. The third-order valence-corrected chi connectivity index (χ3v) is 8.23. The van der Waals surface area contributed by atoms with Crippen LogP contribution in [-0.2, 0) is 15.8 Å². The van der Waals surface area contributed by atoms with Crippen molar-refractivity contribution >= 4 is 34.3 Å². The highest BCUT2D eigenvalue weighted by molar-refractivity contribution is 6.09. The topological polar surface area (TPSA) is 183 Å². The van der Waals surface area contributed by atoms with E-state index < -0.39 is 53.0 Å². The fourth-order valence-corrected chi connectivity index (χ4v) is 5.35. The number of carbonyl (C=O) groups is 3. The van der Waals surface area contributed by atoms with Gasteiger partial charge in [0, 0.05) is 34.3 Å². The van der Waals surface area contributed by atoms with Gasteiger partial charge in [-0.1, -0.05) is 5.16 Å². The zero-order valence-corrected chi connectivity index (χ0v) is 25.7. The Labute approximate surface area is 274 Å². The summed E-state index contributed by atoms with van der Waals surface area (Å²) in [5, 5.41) is 20.0. The molecule has 0 radical (unpaired) electrons. The fourth-order valence-electron chi connectivity index (χ4n) is 5.35. The van der Waals surface area contributed by atoms with Crippen LogP contribution in [-0.4, -0.2) is 57.3 Å². The molecule has 49 heavy (non-hydrogen) atoms. The van der Waals surface area contributed by atoms with Crippen molar-refractivity contribution in [2.24, 2.45) is 5.73 Å². The van der Waals surface area contributed by atoms with E-state index in [0.29, 0.717) is 10.9 Å². The van der Waals surface area contributed by atoms with Gasteiger partial charge in [-0.05, 0) is 67.9 Å². The second kappa shape index (κ2) is 12.0. The number of nitrogens with one attached hydrogen (secondary N) is 2. The molecule has 1 aliphatic heterocycles. The molecule has 1 unspecified atom stereocenters. The molecule has 5 N–H and O–H groups in total. The molecule has 1 aliphatic rings. The van der Waals surface area contributed by atoms with Crippen LogP contribution in [0.5, 0.6) is 5.75 Å². The van der Waals surface area contributed by atoms with Crippen LogP contribution >= 0.6 is 0 Å². The smallest absolute Gasteiger partial charge is 0.424 e. The number of aryl methyl sites for hydroxylation is 1. The maximum atomic E-state index is 14.8. The number of carbonyl (C=O) groups excluding carboxylic acids is 3. The standard InChI is InChI=1S/C33H26F4N6O6/c1-16-9-18-10-19(11-23(25(18)39-13-16)41-29(45)22-7-8-49-43-22)28(44)40-14-32(47,33(35,36)37)24-12-21-27(48-15-31(21,2)30(38)46)26(42-24)17-3-5-20(34)6-4-17/h3-13,47H,14-15H2,1-2H3,(H2,38,46)(H,40,44)(H,41,45)/t31-,32?/m0/s1. The third kappa shape index (κ3) is 5.90. The predicted molar refractivity (Wildman–Crippen MR) is 165 cm³/mol. The van der Waals surface area contributed by atoms with Gasteiger partial charge in [-0.25, -0.2) is 9.37 Å². The number of nitrogens with two attached hydrogens (primary N) is 1. The molecule has 12 nitrogen and oxygen atoms in total. The number of fused-ring (bicyclic) bond motifs is 2. The van der Waals surface area contributed by atoms with Gasteiger partial charge in [-0.3, -0.25) is 19.4 Å². The normalized spacial score (nSPS) is 16.8. The van der Waals surface area contributed by atoms with Gasteiger partial charge in [-0.15, -0.1) is 0 Å². The van der Waals surface area contributed by atoms with Gasteiger partial charge in [0.25, 0.3) is 11.8 Å². The summed E-state index contributed by atoms with van der Waals surface area (Å²) in [5.74, 6) is -3.36. The Hall–Kier alpha value is -5.90. The second-order valence-electron chi connectivity index (χ2n) is 11.7. The average Bonchev–Trinajstić information content (AvgIpc) is 3.72. The van der Waals surface area contributed by atoms with Gasteiger partial charge in [0.15, 0.2) is 5.69 Å². The molecular weight excluding hydrogens is 652 g/mol. The molecule has 3 amide bonds. The fraction of sp³-hybridized carbons (Fsp3) is 0.212. The molecule has 5 aromatic rings. The quantitative estimate of drug-likeness (QED) is 0.174. The number of halogens is 4. The molecule has 2 aromatic carbocycles. The zero-order chi connectivity index (χ0) is 35.3. The molecule has 4 heterocycles. The van der Waals surface area contributed by atoms with Crippen LogP contribution < -0.4 is 21.1 Å². The number of hydrogen-bond donors (Lipinski definition) is 4. The lowest BCUT2D eigenvalue weighted by atomic mass is 9.81. The Morgan fingerprint density at radius 1 is 1.06 bits per heavy atom. The summed E-state index contributed by atoms with van der Waals surface area (Å²) in [6.45, 7) is 1.34. The minimum absolute atomic E-state index is 0.0525. The number of anilines is 1. The zero-order valence-electron chi connectivity index (χ0n) is 25.7. The lowest BCUT2D eigenvalue weighted by Crippen LogP contribution is -2.51. The van der Waals surface area contributed by atoms with Crippen molar-refractivity contribution in [3.05, 3.63) is 101 Å². The number of alkyl halides is 3. The van der Waals surface area contributed by atoms with Crippen LogP contribution in [0.3, 0.4) is 0 Å². The highest BCUT2D eigenvalue weighted by Crippen LogP contribution is 2.47. The lowest BCUT2D eigenvalue weighted by molar-refractivity contribution is -0.265. The number of ether oxygens (including phenoxy) is 1. The van der Waals surface area contributed by atoms with E-state index in [9.17, 15) is 37.1 Å². The first-order valence-electron chi connectivity index (χ1n) is 14.5. The minimum Gasteiger partial charge on any atom is -0.489 e. The van der Waals surface area contributed by atoms with E-state index in [1.54, 1.807) is 13.0 Å². The van der Waals surface area contributed by atoms with Crippen molar-refractivity contribution in [3.63, 3.8) is 0 Å². The van der Waals surface area contributed by atoms with Crippen LogP contribution in [0, 0.1) is 12.7 Å². The van der Waals surface area contributed by atoms with Crippen molar-refractivity contribution in [1.82, 2.24) is 20.4 Å². The first-order valence-corrected chi connectivity index (χ1v) is 14.5. The SMILES string of the molecule is Cc1cnc2c(NC(=O)c3ccon3)cc(C(=O)NCC(O)(c3cc4c(c(-c5ccc(F)cc5)n3)OC[C@]4(C)C(N)=O)C(F)(F)F)cc2c1. The van der Waals surface area contributed by atoms with Crippen molar-refractivity contribution in [3.8, 4) is 17.0 Å². The van der Waals surface area contributed by atoms with Crippen molar-refractivity contribution < 1.29 is 46.3 Å². The Morgan fingerprint density at radius 3 is 2.45 bits per heavy atom. The Bertz CT molecular complexity index is 2120. The van der Waals surface area contributed by atoms with E-state index in [2.05, 4.69) is 25.8 Å². The van der Waals surface area contributed by atoms with E-state index in [0.717, 1.165) is 18.2 Å². The number of hydrogen-bond acceptors (Lipinski definition) is 9. The van der Waals surface area contributed by atoms with Crippen molar-refractivity contribution in [2.75, 3.05) is 18.5 Å². The van der Waals surface area contributed by atoms with Crippen LogP contribution in [0.25, 0.3) is 22.2 Å². The van der Waals surface area contributed by atoms with Gasteiger partial charge >= 0.3 is 6.18 Å². The molecule has 0 spiro atoms. The summed E-state index contributed by atoms with van der Waals surface area (Å²) in [6, 6.07) is 11.0. The first-order chi connectivity index (χ1) is 23.1. The van der Waals surface area contributed by atoms with Gasteiger partial charge in [0.1, 0.15) is 35.5 Å². The van der Waals surface area contributed by atoms with Crippen LogP contribution in [0.15, 0.2) is 71.6 Å². The van der Waals surface area contributed by atoms with E-state index in [4.69, 9.17) is 15.0 Å². The van der Waals surface area contributed by atoms with E-state index >= 15 is 0 Å². The molecule has 0 saturated carbocycles. The summed E-state index contributed by atoms with van der Waals surface area (Å²) >= 11 is 0. The third-order valence-electron chi connectivity index (χ3n) is 8.23. The van der Waals surface area contributed by atoms with E-state index in [1.807, 2.05) is 0 Å². The van der Waals surface area contributed by atoms with Gasteiger partial charge < -0.3 is 30.7 Å². The summed E-state index contributed by atoms with van der Waals surface area (Å²) < 4.78 is 68.6. The largest absolute Gasteiger partial charge is 0.489 e. The molecule has 6 rings (SSSR count). The van der Waals surface area contributed by atoms with Crippen LogP contribution in [0.4, 0.5) is 23.2 Å². The molecule has 252 valence electrons. The Morgan fingerprint density at radius 2 is 1.80 bits per heavy atom. The van der Waals surface area contributed by atoms with Crippen molar-refractivity contribution in [2.45, 2.75) is 31.0 Å². The number of aromatic nitrogens is 3. The summed E-state index contributed by atoms with van der Waals surface area (Å²) in [4.78, 5) is 47.1. The maximum absolute atomic E-state index is 14.8. The summed E-state index contributed by atoms with van der Waals surface area (Å²) in [7, 11) is 0. The molecule has 3 aromatic heterocycles. The average molecular weight is 679 g/mol. The number of benzene rings is 2. The minimum atomic E-state index is -5.43. The highest BCUT2D eigenvalue weighted by atomic mass is 19.4. The maximum Gasteiger partial charge on any atom is 0.424 e.